The quantitative estimate of drug-likeness (QED) is 0.764. The normalized spacial score (nSPS) is 14.0. The summed E-state index contributed by atoms with van der Waals surface area (Å²) in [4.78, 5) is 22.7. The number of hydrogen-bond acceptors (Lipinski definition) is 4. The van der Waals surface area contributed by atoms with Gasteiger partial charge in [0, 0.05) is 18.7 Å². The Morgan fingerprint density at radius 1 is 1.04 bits per heavy atom. The first-order chi connectivity index (χ1) is 13.0. The van der Waals surface area contributed by atoms with Gasteiger partial charge in [-0.25, -0.2) is 4.79 Å². The molecule has 2 amide bonds. The van der Waals surface area contributed by atoms with Crippen molar-refractivity contribution >= 4 is 12.0 Å². The number of phenolic OH excluding ortho intramolecular Hbond substituents is 1. The van der Waals surface area contributed by atoms with Crippen molar-refractivity contribution in [2.75, 3.05) is 19.7 Å². The van der Waals surface area contributed by atoms with E-state index in [1.54, 1.807) is 0 Å². The van der Waals surface area contributed by atoms with E-state index < -0.39 is 12.0 Å². The second-order valence-electron chi connectivity index (χ2n) is 6.25. The van der Waals surface area contributed by atoms with Gasteiger partial charge in [-0.1, -0.05) is 18.2 Å². The zero-order valence-electron chi connectivity index (χ0n) is 15.0. The zero-order valence-corrected chi connectivity index (χ0v) is 15.0. The molecule has 1 fully saturated rings. The molecule has 0 saturated carbocycles. The van der Waals surface area contributed by atoms with Crippen LogP contribution >= 0.6 is 0 Å². The third-order valence-corrected chi connectivity index (χ3v) is 4.27. The number of hydrogen-bond donors (Lipinski definition) is 3. The number of rotatable bonds is 4. The molecule has 144 valence electrons. The molecular formula is C20H24N2O5. The molecule has 4 N–H and O–H groups in total. The largest absolute Gasteiger partial charge is 0.508 e. The number of likely N-dealkylation sites (tertiary alicyclic amines) is 1. The van der Waals surface area contributed by atoms with Crippen molar-refractivity contribution in [1.29, 1.82) is 0 Å². The number of amides is 2. The van der Waals surface area contributed by atoms with Crippen LogP contribution in [0.4, 0.5) is 4.79 Å². The summed E-state index contributed by atoms with van der Waals surface area (Å²) in [5, 5.41) is 17.6. The molecule has 0 bridgehead atoms. The molecule has 0 aliphatic carbocycles. The van der Waals surface area contributed by atoms with Crippen molar-refractivity contribution in [3.63, 3.8) is 0 Å². The summed E-state index contributed by atoms with van der Waals surface area (Å²) in [6.45, 7) is 1.92. The second kappa shape index (κ2) is 10.1. The highest BCUT2D eigenvalue weighted by atomic mass is 16.5. The first kappa shape index (κ1) is 20.1. The molecule has 27 heavy (non-hydrogen) atoms. The molecule has 0 aromatic heterocycles. The molecule has 0 atom stereocenters. The van der Waals surface area contributed by atoms with Gasteiger partial charge in [0.2, 0.25) is 5.91 Å². The highest BCUT2D eigenvalue weighted by Crippen LogP contribution is 2.19. The Kier molecular flexibility index (Phi) is 7.49. The van der Waals surface area contributed by atoms with Gasteiger partial charge in [0.1, 0.15) is 11.5 Å². The van der Waals surface area contributed by atoms with E-state index >= 15 is 0 Å². The lowest BCUT2D eigenvalue weighted by molar-refractivity contribution is 0.1000. The minimum absolute atomic E-state index is 0.130. The summed E-state index contributed by atoms with van der Waals surface area (Å²) in [7, 11) is 0. The number of para-hydroxylation sites is 1. The Labute approximate surface area is 158 Å². The molecule has 1 saturated heterocycles. The van der Waals surface area contributed by atoms with Crippen molar-refractivity contribution in [1.82, 2.24) is 4.90 Å². The molecule has 0 radical (unpaired) electrons. The van der Waals surface area contributed by atoms with E-state index in [2.05, 4.69) is 0 Å². The fourth-order valence-corrected chi connectivity index (χ4v) is 2.65. The van der Waals surface area contributed by atoms with Crippen LogP contribution in [0.1, 0.15) is 23.2 Å². The number of carbonyl (C=O) groups excluding carboxylic acids is 1. The average Bonchev–Trinajstić information content (AvgIpc) is 2.68. The lowest BCUT2D eigenvalue weighted by atomic mass is 9.98. The van der Waals surface area contributed by atoms with Crippen LogP contribution in [-0.4, -0.2) is 46.8 Å². The van der Waals surface area contributed by atoms with Crippen LogP contribution in [-0.2, 0) is 0 Å². The number of piperidine rings is 1. The molecule has 0 unspecified atom stereocenters. The molecule has 7 heteroatoms. The van der Waals surface area contributed by atoms with Crippen LogP contribution in [0.2, 0.25) is 0 Å². The highest BCUT2D eigenvalue weighted by Gasteiger charge is 2.22. The highest BCUT2D eigenvalue weighted by molar-refractivity contribution is 5.92. The number of aromatic hydroxyl groups is 1. The maximum absolute atomic E-state index is 10.7. The van der Waals surface area contributed by atoms with Crippen LogP contribution in [0, 0.1) is 5.92 Å². The van der Waals surface area contributed by atoms with Gasteiger partial charge in [0.05, 0.1) is 6.61 Å². The van der Waals surface area contributed by atoms with E-state index in [4.69, 9.17) is 20.7 Å². The van der Waals surface area contributed by atoms with Gasteiger partial charge in [-0.05, 0) is 55.2 Å². The molecule has 2 aromatic carbocycles. The third kappa shape index (κ3) is 6.89. The summed E-state index contributed by atoms with van der Waals surface area (Å²) in [6.07, 6.45) is 0.963. The van der Waals surface area contributed by atoms with Gasteiger partial charge in [0.25, 0.3) is 0 Å². The number of nitrogens with zero attached hydrogens (tertiary/aromatic N) is 1. The number of carboxylic acid groups (broad SMARTS) is 1. The van der Waals surface area contributed by atoms with Crippen LogP contribution in [0.3, 0.4) is 0 Å². The standard InChI is InChI=1S/C13H17NO3.C7H7NO2/c15-13(16)14-8-6-11(7-9-14)10-17-12-4-2-1-3-5-12;8-7(10)5-1-3-6(9)4-2-5/h1-5,11H,6-10H2,(H,15,16);1-4,9H,(H2,8,10). The van der Waals surface area contributed by atoms with Gasteiger partial charge >= 0.3 is 6.09 Å². The van der Waals surface area contributed by atoms with E-state index in [1.807, 2.05) is 30.3 Å². The topological polar surface area (TPSA) is 113 Å². The van der Waals surface area contributed by atoms with Crippen LogP contribution in [0.15, 0.2) is 54.6 Å². The summed E-state index contributed by atoms with van der Waals surface area (Å²) in [5.41, 5.74) is 5.34. The maximum Gasteiger partial charge on any atom is 0.407 e. The van der Waals surface area contributed by atoms with Crippen LogP contribution < -0.4 is 10.5 Å². The number of primary amides is 1. The zero-order chi connectivity index (χ0) is 19.6. The van der Waals surface area contributed by atoms with Crippen molar-refractivity contribution < 1.29 is 24.5 Å². The molecule has 2 aromatic rings. The minimum atomic E-state index is -0.813. The van der Waals surface area contributed by atoms with Crippen LogP contribution in [0.5, 0.6) is 11.5 Å². The molecule has 0 spiro atoms. The summed E-state index contributed by atoms with van der Waals surface area (Å²) in [5.74, 6) is 0.990. The van der Waals surface area contributed by atoms with E-state index in [0.717, 1.165) is 18.6 Å². The van der Waals surface area contributed by atoms with E-state index in [1.165, 1.54) is 29.2 Å². The van der Waals surface area contributed by atoms with Gasteiger partial charge in [-0.3, -0.25) is 4.79 Å². The lowest BCUT2D eigenvalue weighted by Crippen LogP contribution is -2.38. The average molecular weight is 372 g/mol. The Balaban J connectivity index is 0.000000223. The van der Waals surface area contributed by atoms with Gasteiger partial charge < -0.3 is 25.6 Å². The molecule has 1 heterocycles. The maximum atomic E-state index is 10.7. The Morgan fingerprint density at radius 3 is 2.15 bits per heavy atom. The lowest BCUT2D eigenvalue weighted by Gasteiger charge is -2.29. The van der Waals surface area contributed by atoms with Crippen molar-refractivity contribution in [3.05, 3.63) is 60.2 Å². The Bertz CT molecular complexity index is 726. The molecule has 1 aliphatic rings. The number of ether oxygens (including phenoxy) is 1. The minimum Gasteiger partial charge on any atom is -0.508 e. The first-order valence-electron chi connectivity index (χ1n) is 8.70. The van der Waals surface area contributed by atoms with Gasteiger partial charge in [0.15, 0.2) is 0 Å². The van der Waals surface area contributed by atoms with Crippen molar-refractivity contribution in [2.45, 2.75) is 12.8 Å². The summed E-state index contributed by atoms with van der Waals surface area (Å²) in [6, 6.07) is 15.5. The summed E-state index contributed by atoms with van der Waals surface area (Å²) >= 11 is 0. The molecule has 7 nitrogen and oxygen atoms in total. The fraction of sp³-hybridized carbons (Fsp3) is 0.300. The van der Waals surface area contributed by atoms with Gasteiger partial charge in [-0.15, -0.1) is 0 Å². The van der Waals surface area contributed by atoms with Crippen LogP contribution in [0.25, 0.3) is 0 Å². The second-order valence-corrected chi connectivity index (χ2v) is 6.25. The molecule has 3 rings (SSSR count). The Morgan fingerprint density at radius 2 is 1.63 bits per heavy atom. The van der Waals surface area contributed by atoms with E-state index in [0.29, 0.717) is 31.2 Å². The fourth-order valence-electron chi connectivity index (χ4n) is 2.65. The smallest absolute Gasteiger partial charge is 0.407 e. The SMILES string of the molecule is NC(=O)c1ccc(O)cc1.O=C(O)N1CCC(COc2ccccc2)CC1. The summed E-state index contributed by atoms with van der Waals surface area (Å²) < 4.78 is 5.68. The van der Waals surface area contributed by atoms with E-state index in [9.17, 15) is 9.59 Å². The van der Waals surface area contributed by atoms with Gasteiger partial charge in [-0.2, -0.15) is 0 Å². The predicted molar refractivity (Wildman–Crippen MR) is 101 cm³/mol. The predicted octanol–water partition coefficient (Wildman–Crippen LogP) is 2.95. The first-order valence-corrected chi connectivity index (χ1v) is 8.70. The van der Waals surface area contributed by atoms with E-state index in [-0.39, 0.29) is 5.75 Å². The number of benzene rings is 2. The monoisotopic (exact) mass is 372 g/mol. The van der Waals surface area contributed by atoms with Crippen molar-refractivity contribution in [2.24, 2.45) is 11.7 Å². The molecular weight excluding hydrogens is 348 g/mol. The third-order valence-electron chi connectivity index (χ3n) is 4.27. The number of carbonyl (C=O) groups is 2. The number of phenols is 1. The Hall–Kier alpha value is -3.22. The van der Waals surface area contributed by atoms with Crippen molar-refractivity contribution in [3.8, 4) is 11.5 Å². The molecule has 1 aliphatic heterocycles. The number of nitrogens with two attached hydrogens (primary N) is 1.